The minimum Gasteiger partial charge on any atom is -0.444 e. The molecule has 5 nitrogen and oxygen atoms in total. The van der Waals surface area contributed by atoms with E-state index in [2.05, 4.69) is 0 Å². The Bertz CT molecular complexity index is 339. The lowest BCUT2D eigenvalue weighted by Gasteiger charge is -2.40. The Morgan fingerprint density at radius 3 is 2.84 bits per heavy atom. The number of amides is 1. The molecule has 0 aromatic heterocycles. The topological polar surface area (TPSA) is 59.0 Å². The molecular formula is C14H25NO4. The molecule has 2 fully saturated rings. The van der Waals surface area contributed by atoms with E-state index in [4.69, 9.17) is 9.47 Å². The Morgan fingerprint density at radius 2 is 2.21 bits per heavy atom. The molecule has 110 valence electrons. The van der Waals surface area contributed by atoms with Crippen molar-refractivity contribution in [3.8, 4) is 0 Å². The minimum atomic E-state index is -0.459. The third kappa shape index (κ3) is 3.20. The van der Waals surface area contributed by atoms with E-state index in [1.807, 2.05) is 20.8 Å². The van der Waals surface area contributed by atoms with Crippen LogP contribution in [-0.4, -0.2) is 54.6 Å². The molecule has 0 bridgehead atoms. The fourth-order valence-electron chi connectivity index (χ4n) is 3.04. The van der Waals surface area contributed by atoms with Crippen molar-refractivity contribution in [2.45, 2.75) is 39.2 Å². The highest BCUT2D eigenvalue weighted by atomic mass is 16.6. The van der Waals surface area contributed by atoms with E-state index in [1.165, 1.54) is 0 Å². The van der Waals surface area contributed by atoms with E-state index in [0.29, 0.717) is 19.7 Å². The van der Waals surface area contributed by atoms with Gasteiger partial charge in [-0.1, -0.05) is 0 Å². The molecule has 0 aliphatic carbocycles. The first kappa shape index (κ1) is 14.6. The summed E-state index contributed by atoms with van der Waals surface area (Å²) in [5.74, 6) is 0.133. The summed E-state index contributed by atoms with van der Waals surface area (Å²) in [6.45, 7) is 8.46. The van der Waals surface area contributed by atoms with Gasteiger partial charge >= 0.3 is 6.09 Å². The third-order valence-electron chi connectivity index (χ3n) is 4.19. The van der Waals surface area contributed by atoms with Crippen LogP contribution >= 0.6 is 0 Å². The number of hydrogen-bond donors (Lipinski definition) is 1. The summed E-state index contributed by atoms with van der Waals surface area (Å²) in [4.78, 5) is 13.9. The van der Waals surface area contributed by atoms with Gasteiger partial charge in [0.15, 0.2) is 0 Å². The van der Waals surface area contributed by atoms with Crippen molar-refractivity contribution in [3.05, 3.63) is 0 Å². The number of aliphatic hydroxyl groups excluding tert-OH is 1. The largest absolute Gasteiger partial charge is 0.444 e. The van der Waals surface area contributed by atoms with Gasteiger partial charge in [-0.2, -0.15) is 0 Å². The fraction of sp³-hybridized carbons (Fsp3) is 0.929. The first-order chi connectivity index (χ1) is 8.86. The lowest BCUT2D eigenvalue weighted by molar-refractivity contribution is -0.0581. The van der Waals surface area contributed by atoms with Crippen molar-refractivity contribution in [2.75, 3.05) is 32.9 Å². The van der Waals surface area contributed by atoms with Crippen molar-refractivity contribution in [1.29, 1.82) is 0 Å². The van der Waals surface area contributed by atoms with Crippen LogP contribution in [0, 0.1) is 11.3 Å². The van der Waals surface area contributed by atoms with E-state index in [-0.39, 0.29) is 24.0 Å². The van der Waals surface area contributed by atoms with Gasteiger partial charge in [-0.25, -0.2) is 4.79 Å². The Morgan fingerprint density at radius 1 is 1.47 bits per heavy atom. The summed E-state index contributed by atoms with van der Waals surface area (Å²) in [6.07, 6.45) is 1.60. The average molecular weight is 271 g/mol. The van der Waals surface area contributed by atoms with Crippen LogP contribution in [0.4, 0.5) is 4.79 Å². The predicted octanol–water partition coefficient (Wildman–Crippen LogP) is 1.64. The number of carbonyl (C=O) groups excluding carboxylic acids is 1. The number of ether oxygens (including phenoxy) is 2. The molecule has 2 rings (SSSR count). The summed E-state index contributed by atoms with van der Waals surface area (Å²) >= 11 is 0. The first-order valence-electron chi connectivity index (χ1n) is 7.03. The average Bonchev–Trinajstić information content (AvgIpc) is 2.73. The lowest BCUT2D eigenvalue weighted by atomic mass is 9.71. The summed E-state index contributed by atoms with van der Waals surface area (Å²) in [5.41, 5.74) is -0.442. The van der Waals surface area contributed by atoms with Crippen LogP contribution in [0.15, 0.2) is 0 Å². The molecule has 2 atom stereocenters. The van der Waals surface area contributed by atoms with Gasteiger partial charge in [0.2, 0.25) is 0 Å². The number of aliphatic hydroxyl groups is 1. The molecule has 19 heavy (non-hydrogen) atoms. The van der Waals surface area contributed by atoms with Crippen LogP contribution in [0.2, 0.25) is 0 Å². The van der Waals surface area contributed by atoms with E-state index < -0.39 is 5.60 Å². The van der Waals surface area contributed by atoms with Crippen molar-refractivity contribution < 1.29 is 19.4 Å². The van der Waals surface area contributed by atoms with Gasteiger partial charge in [0, 0.05) is 32.2 Å². The van der Waals surface area contributed by atoms with Crippen LogP contribution in [0.1, 0.15) is 33.6 Å². The van der Waals surface area contributed by atoms with Gasteiger partial charge in [-0.05, 0) is 39.0 Å². The van der Waals surface area contributed by atoms with Crippen LogP contribution in [0.3, 0.4) is 0 Å². The molecule has 2 aliphatic heterocycles. The maximum atomic E-state index is 12.1. The van der Waals surface area contributed by atoms with E-state index in [1.54, 1.807) is 4.90 Å². The molecule has 0 aromatic carbocycles. The monoisotopic (exact) mass is 271 g/mol. The zero-order valence-corrected chi connectivity index (χ0v) is 12.1. The van der Waals surface area contributed by atoms with Gasteiger partial charge in [0.25, 0.3) is 0 Å². The van der Waals surface area contributed by atoms with E-state index >= 15 is 0 Å². The molecule has 0 aromatic rings. The summed E-state index contributed by atoms with van der Waals surface area (Å²) in [6, 6.07) is 0. The molecule has 2 heterocycles. The summed E-state index contributed by atoms with van der Waals surface area (Å²) in [7, 11) is 0. The minimum absolute atomic E-state index is 0.0178. The maximum Gasteiger partial charge on any atom is 0.410 e. The number of carbonyl (C=O) groups is 1. The van der Waals surface area contributed by atoms with Crippen LogP contribution in [-0.2, 0) is 9.47 Å². The Labute approximate surface area is 114 Å². The van der Waals surface area contributed by atoms with Gasteiger partial charge < -0.3 is 19.5 Å². The van der Waals surface area contributed by atoms with Crippen molar-refractivity contribution in [3.63, 3.8) is 0 Å². The molecule has 5 heteroatoms. The molecule has 0 radical (unpaired) electrons. The molecule has 2 saturated heterocycles. The molecule has 1 spiro atoms. The number of likely N-dealkylation sites (tertiary alicyclic amines) is 1. The second-order valence-electron chi connectivity index (χ2n) is 6.72. The molecule has 2 aliphatic rings. The van der Waals surface area contributed by atoms with Crippen LogP contribution < -0.4 is 0 Å². The second-order valence-corrected chi connectivity index (χ2v) is 6.72. The van der Waals surface area contributed by atoms with Crippen molar-refractivity contribution >= 4 is 6.09 Å². The summed E-state index contributed by atoms with van der Waals surface area (Å²) in [5, 5.41) is 9.51. The first-order valence-corrected chi connectivity index (χ1v) is 7.03. The number of hydrogen-bond acceptors (Lipinski definition) is 4. The molecule has 1 N–H and O–H groups in total. The smallest absolute Gasteiger partial charge is 0.410 e. The number of nitrogens with zero attached hydrogens (tertiary/aromatic N) is 1. The molecule has 0 unspecified atom stereocenters. The third-order valence-corrected chi connectivity index (χ3v) is 4.19. The highest BCUT2D eigenvalue weighted by Crippen LogP contribution is 2.43. The normalized spacial score (nSPS) is 31.8. The summed E-state index contributed by atoms with van der Waals surface area (Å²) < 4.78 is 10.9. The molecule has 0 saturated carbocycles. The fourth-order valence-corrected chi connectivity index (χ4v) is 3.04. The highest BCUT2D eigenvalue weighted by Gasteiger charge is 2.47. The second kappa shape index (κ2) is 5.29. The Balaban J connectivity index is 2.00. The zero-order chi connectivity index (χ0) is 14.1. The lowest BCUT2D eigenvalue weighted by Crippen LogP contribution is -2.44. The highest BCUT2D eigenvalue weighted by molar-refractivity contribution is 5.68. The van der Waals surface area contributed by atoms with Crippen LogP contribution in [0.5, 0.6) is 0 Å². The molecule has 1 amide bonds. The zero-order valence-electron chi connectivity index (χ0n) is 12.1. The quantitative estimate of drug-likeness (QED) is 0.787. The standard InChI is InChI=1S/C14H25NO4/c1-13(2,3)19-12(17)15-6-4-14(10-15)5-7-18-9-11(14)8-16/h11,16H,4-10H2,1-3H3/t11-,14-/m0/s1. The predicted molar refractivity (Wildman–Crippen MR) is 70.9 cm³/mol. The van der Waals surface area contributed by atoms with Crippen molar-refractivity contribution in [2.24, 2.45) is 11.3 Å². The maximum absolute atomic E-state index is 12.1. The Kier molecular flexibility index (Phi) is 4.06. The SMILES string of the molecule is CC(C)(C)OC(=O)N1CC[C@]2(CCOC[C@@H]2CO)C1. The van der Waals surface area contributed by atoms with Crippen LogP contribution in [0.25, 0.3) is 0 Å². The molecular weight excluding hydrogens is 246 g/mol. The Hall–Kier alpha value is -0.810. The van der Waals surface area contributed by atoms with Gasteiger partial charge in [-0.15, -0.1) is 0 Å². The number of rotatable bonds is 1. The van der Waals surface area contributed by atoms with Gasteiger partial charge in [0.1, 0.15) is 5.60 Å². The van der Waals surface area contributed by atoms with Gasteiger partial charge in [-0.3, -0.25) is 0 Å². The van der Waals surface area contributed by atoms with Gasteiger partial charge in [0.05, 0.1) is 6.61 Å². The van der Waals surface area contributed by atoms with Crippen molar-refractivity contribution in [1.82, 2.24) is 4.90 Å². The van der Waals surface area contributed by atoms with E-state index in [9.17, 15) is 9.90 Å². The van der Waals surface area contributed by atoms with E-state index in [0.717, 1.165) is 19.4 Å².